The average Bonchev–Trinajstić information content (AvgIpc) is 2.51. The van der Waals surface area contributed by atoms with Crippen molar-refractivity contribution in [1.29, 1.82) is 0 Å². The summed E-state index contributed by atoms with van der Waals surface area (Å²) in [6.45, 7) is 3.66. The van der Waals surface area contributed by atoms with Gasteiger partial charge in [-0.2, -0.15) is 0 Å². The van der Waals surface area contributed by atoms with E-state index in [1.807, 2.05) is 19.9 Å². The summed E-state index contributed by atoms with van der Waals surface area (Å²) in [4.78, 5) is 0. The molecule has 0 bridgehead atoms. The molecule has 0 amide bonds. The van der Waals surface area contributed by atoms with Crippen LogP contribution in [-0.4, -0.2) is 27.8 Å². The Balaban J connectivity index is 2.09. The van der Waals surface area contributed by atoms with Crippen LogP contribution < -0.4 is 0 Å². The third kappa shape index (κ3) is 3.75. The van der Waals surface area contributed by atoms with E-state index in [2.05, 4.69) is 0 Å². The molecule has 2 aliphatic rings. The Morgan fingerprint density at radius 3 is 2.27 bits per heavy atom. The molecule has 0 radical (unpaired) electrons. The van der Waals surface area contributed by atoms with Gasteiger partial charge in [0.15, 0.2) is 0 Å². The van der Waals surface area contributed by atoms with Crippen LogP contribution in [0, 0.1) is 11.8 Å². The number of hydrogen-bond donors (Lipinski definition) is 0. The summed E-state index contributed by atoms with van der Waals surface area (Å²) in [5.41, 5.74) is 0.912. The van der Waals surface area contributed by atoms with Crippen molar-refractivity contribution in [1.82, 2.24) is 0 Å². The van der Waals surface area contributed by atoms with Gasteiger partial charge in [-0.05, 0) is 51.4 Å². The van der Waals surface area contributed by atoms with Gasteiger partial charge in [-0.1, -0.05) is 37.3 Å². The predicted molar refractivity (Wildman–Crippen MR) is 89.8 cm³/mol. The molecule has 4 nitrogen and oxygen atoms in total. The summed E-state index contributed by atoms with van der Waals surface area (Å²) < 4.78 is 49.8. The Kier molecular flexibility index (Phi) is 5.75. The molecule has 0 aliphatic heterocycles. The lowest BCUT2D eigenvalue weighted by Gasteiger charge is -2.38. The fraction of sp³-hybridized carbons (Fsp3) is 0.875. The van der Waals surface area contributed by atoms with Crippen molar-refractivity contribution in [3.05, 3.63) is 11.6 Å². The Morgan fingerprint density at radius 1 is 1.00 bits per heavy atom. The second-order valence-corrected chi connectivity index (χ2v) is 13.0. The molecule has 0 aromatic carbocycles. The quantitative estimate of drug-likeness (QED) is 0.564. The first-order chi connectivity index (χ1) is 10.3. The second-order valence-electron chi connectivity index (χ2n) is 6.88. The van der Waals surface area contributed by atoms with E-state index in [9.17, 15) is 16.8 Å². The summed E-state index contributed by atoms with van der Waals surface area (Å²) in [5, 5.41) is -0.678. The normalized spacial score (nSPS) is 30.8. The van der Waals surface area contributed by atoms with Gasteiger partial charge in [0.25, 0.3) is 17.7 Å². The van der Waals surface area contributed by atoms with E-state index in [0.29, 0.717) is 31.1 Å². The molecule has 3 atom stereocenters. The zero-order chi connectivity index (χ0) is 16.4. The zero-order valence-electron chi connectivity index (χ0n) is 13.6. The van der Waals surface area contributed by atoms with E-state index in [4.69, 9.17) is 0 Å². The lowest BCUT2D eigenvalue weighted by molar-refractivity contribution is 0.173. The molecule has 22 heavy (non-hydrogen) atoms. The minimum atomic E-state index is -4.07. The lowest BCUT2D eigenvalue weighted by Crippen LogP contribution is -2.38. The van der Waals surface area contributed by atoms with Crippen LogP contribution in [0.15, 0.2) is 11.6 Å². The highest BCUT2D eigenvalue weighted by Crippen LogP contribution is 2.43. The van der Waals surface area contributed by atoms with Crippen LogP contribution in [0.5, 0.6) is 0 Å². The maximum absolute atomic E-state index is 12.6. The summed E-state index contributed by atoms with van der Waals surface area (Å²) >= 11 is 0. The molecule has 0 aromatic heterocycles. The molecule has 0 N–H and O–H groups in total. The second kappa shape index (κ2) is 7.04. The first-order valence-corrected chi connectivity index (χ1v) is 12.1. The minimum absolute atomic E-state index is 0.282. The molecular weight excluding hydrogens is 320 g/mol. The summed E-state index contributed by atoms with van der Waals surface area (Å²) in [5.74, 6) is 0.749. The summed E-state index contributed by atoms with van der Waals surface area (Å²) in [6, 6.07) is 0. The van der Waals surface area contributed by atoms with Gasteiger partial charge < -0.3 is 0 Å². The Morgan fingerprint density at radius 2 is 1.64 bits per heavy atom. The van der Waals surface area contributed by atoms with Crippen molar-refractivity contribution >= 4 is 17.7 Å². The van der Waals surface area contributed by atoms with Gasteiger partial charge in [0.1, 0.15) is 0 Å². The Labute approximate surface area is 134 Å². The van der Waals surface area contributed by atoms with Gasteiger partial charge in [-0.25, -0.2) is 16.8 Å². The van der Waals surface area contributed by atoms with Crippen LogP contribution in [0.3, 0.4) is 0 Å². The van der Waals surface area contributed by atoms with Gasteiger partial charge in [-0.15, -0.1) is 0 Å². The van der Waals surface area contributed by atoms with Gasteiger partial charge in [0.2, 0.25) is 0 Å². The van der Waals surface area contributed by atoms with Crippen LogP contribution in [0.25, 0.3) is 0 Å². The fourth-order valence-electron chi connectivity index (χ4n) is 3.85. The first-order valence-electron chi connectivity index (χ1n) is 8.36. The van der Waals surface area contributed by atoms with E-state index < -0.39 is 23.0 Å². The van der Waals surface area contributed by atoms with Crippen molar-refractivity contribution in [2.45, 2.75) is 70.5 Å². The third-order valence-corrected chi connectivity index (χ3v) is 11.6. The van der Waals surface area contributed by atoms with Gasteiger partial charge >= 0.3 is 0 Å². The fourth-order valence-corrected chi connectivity index (χ4v) is 8.69. The standard InChI is InChI=1S/C16H28O4S2/c1-3-13(2)10-11-21(17,18)22(19,20)16-9-8-14-6-4-5-7-15(14)12-16/h3,14-16H,4-12H2,1-2H3/b13-3+. The van der Waals surface area contributed by atoms with Gasteiger partial charge in [0, 0.05) is 0 Å². The molecule has 2 saturated carbocycles. The maximum Gasteiger partial charge on any atom is 0.256 e. The van der Waals surface area contributed by atoms with Crippen LogP contribution >= 0.6 is 0 Å². The molecular formula is C16H28O4S2. The monoisotopic (exact) mass is 348 g/mol. The molecule has 2 rings (SSSR count). The van der Waals surface area contributed by atoms with E-state index in [1.54, 1.807) is 0 Å². The van der Waals surface area contributed by atoms with Gasteiger partial charge in [-0.3, -0.25) is 0 Å². The Hall–Kier alpha value is -0.360. The van der Waals surface area contributed by atoms with Crippen molar-refractivity contribution in [2.24, 2.45) is 11.8 Å². The summed E-state index contributed by atoms with van der Waals surface area (Å²) in [6.07, 6.45) is 8.71. The zero-order valence-corrected chi connectivity index (χ0v) is 15.3. The molecule has 2 fully saturated rings. The topological polar surface area (TPSA) is 68.3 Å². The molecule has 128 valence electrons. The number of hydrogen-bond acceptors (Lipinski definition) is 4. The summed E-state index contributed by atoms with van der Waals surface area (Å²) in [7, 11) is -8.14. The highest BCUT2D eigenvalue weighted by molar-refractivity contribution is 8.67. The van der Waals surface area contributed by atoms with Crippen molar-refractivity contribution in [3.63, 3.8) is 0 Å². The molecule has 2 aliphatic carbocycles. The molecule has 6 heteroatoms. The van der Waals surface area contributed by atoms with Crippen LogP contribution in [0.2, 0.25) is 0 Å². The molecule has 0 spiro atoms. The third-order valence-electron chi connectivity index (χ3n) is 5.49. The minimum Gasteiger partial charge on any atom is -0.213 e. The number of rotatable bonds is 5. The van der Waals surface area contributed by atoms with E-state index in [1.165, 1.54) is 12.8 Å². The van der Waals surface area contributed by atoms with E-state index >= 15 is 0 Å². The average molecular weight is 349 g/mol. The van der Waals surface area contributed by atoms with Crippen LogP contribution in [0.4, 0.5) is 0 Å². The maximum atomic E-state index is 12.6. The largest absolute Gasteiger partial charge is 0.256 e. The molecule has 0 saturated heterocycles. The van der Waals surface area contributed by atoms with Crippen molar-refractivity contribution in [3.8, 4) is 0 Å². The first kappa shape index (κ1) is 18.0. The number of fused-ring (bicyclic) bond motifs is 1. The lowest BCUT2D eigenvalue weighted by atomic mass is 9.71. The Bertz CT molecular complexity index is 617. The highest BCUT2D eigenvalue weighted by Gasteiger charge is 2.43. The highest BCUT2D eigenvalue weighted by atomic mass is 33.2. The molecule has 3 unspecified atom stereocenters. The van der Waals surface area contributed by atoms with Crippen molar-refractivity contribution in [2.75, 3.05) is 5.75 Å². The smallest absolute Gasteiger partial charge is 0.213 e. The van der Waals surface area contributed by atoms with Crippen molar-refractivity contribution < 1.29 is 16.8 Å². The SMILES string of the molecule is C/C=C(\C)CCS(=O)(=O)S(=O)(=O)C1CCC2CCCCC2C1. The van der Waals surface area contributed by atoms with E-state index in [-0.39, 0.29) is 5.75 Å². The van der Waals surface area contributed by atoms with Gasteiger partial charge in [0.05, 0.1) is 11.0 Å². The molecule has 0 aromatic rings. The van der Waals surface area contributed by atoms with Crippen LogP contribution in [-0.2, 0) is 17.7 Å². The number of allylic oxidation sites excluding steroid dienone is 2. The van der Waals surface area contributed by atoms with E-state index in [0.717, 1.165) is 24.8 Å². The van der Waals surface area contributed by atoms with Crippen LogP contribution in [0.1, 0.15) is 65.2 Å². The predicted octanol–water partition coefficient (Wildman–Crippen LogP) is 3.45. The molecule has 0 heterocycles.